The van der Waals surface area contributed by atoms with Crippen molar-refractivity contribution in [1.29, 1.82) is 0 Å². The zero-order valence-corrected chi connectivity index (χ0v) is 8.07. The SMILES string of the molecule is Cc1nc(OC2(C)CNC2)cs1. The Morgan fingerprint density at radius 2 is 2.42 bits per heavy atom. The molecular formula is C8H12N2OS. The van der Waals surface area contributed by atoms with E-state index in [1.54, 1.807) is 11.3 Å². The van der Waals surface area contributed by atoms with Gasteiger partial charge in [-0.1, -0.05) is 0 Å². The summed E-state index contributed by atoms with van der Waals surface area (Å²) in [6.45, 7) is 5.92. The minimum atomic E-state index is -0.0273. The van der Waals surface area contributed by atoms with Crippen LogP contribution in [0.1, 0.15) is 11.9 Å². The Morgan fingerprint density at radius 3 is 2.83 bits per heavy atom. The van der Waals surface area contributed by atoms with Gasteiger partial charge in [-0.3, -0.25) is 0 Å². The fraction of sp³-hybridized carbons (Fsp3) is 0.625. The molecule has 3 nitrogen and oxygen atoms in total. The van der Waals surface area contributed by atoms with Gasteiger partial charge >= 0.3 is 0 Å². The molecule has 0 atom stereocenters. The lowest BCUT2D eigenvalue weighted by Crippen LogP contribution is -2.61. The average Bonchev–Trinajstić information content (AvgIpc) is 2.32. The van der Waals surface area contributed by atoms with E-state index in [0.717, 1.165) is 24.0 Å². The summed E-state index contributed by atoms with van der Waals surface area (Å²) in [4.78, 5) is 4.25. The van der Waals surface area contributed by atoms with Crippen LogP contribution in [0.2, 0.25) is 0 Å². The van der Waals surface area contributed by atoms with Gasteiger partial charge in [0, 0.05) is 13.1 Å². The molecule has 2 heterocycles. The topological polar surface area (TPSA) is 34.1 Å². The maximum Gasteiger partial charge on any atom is 0.225 e. The minimum Gasteiger partial charge on any atom is -0.468 e. The van der Waals surface area contributed by atoms with Crippen LogP contribution in [0.15, 0.2) is 5.38 Å². The van der Waals surface area contributed by atoms with Crippen LogP contribution in [0.4, 0.5) is 0 Å². The van der Waals surface area contributed by atoms with E-state index in [2.05, 4.69) is 17.2 Å². The minimum absolute atomic E-state index is 0.0273. The number of ether oxygens (including phenoxy) is 1. The van der Waals surface area contributed by atoms with E-state index >= 15 is 0 Å². The second-order valence-corrected chi connectivity index (χ2v) is 4.42. The molecule has 2 rings (SSSR count). The third-order valence-corrected chi connectivity index (χ3v) is 2.70. The molecule has 66 valence electrons. The van der Waals surface area contributed by atoms with Crippen molar-refractivity contribution in [1.82, 2.24) is 10.3 Å². The van der Waals surface area contributed by atoms with E-state index in [9.17, 15) is 0 Å². The van der Waals surface area contributed by atoms with Crippen LogP contribution in [0, 0.1) is 6.92 Å². The first-order valence-electron chi connectivity index (χ1n) is 4.00. The summed E-state index contributed by atoms with van der Waals surface area (Å²) >= 11 is 1.62. The smallest absolute Gasteiger partial charge is 0.225 e. The van der Waals surface area contributed by atoms with Gasteiger partial charge in [0.25, 0.3) is 0 Å². The molecule has 0 aromatic carbocycles. The maximum atomic E-state index is 5.70. The first-order chi connectivity index (χ1) is 5.68. The number of nitrogens with zero attached hydrogens (tertiary/aromatic N) is 1. The van der Waals surface area contributed by atoms with Gasteiger partial charge < -0.3 is 10.1 Å². The summed E-state index contributed by atoms with van der Waals surface area (Å²) in [7, 11) is 0. The van der Waals surface area contributed by atoms with Crippen molar-refractivity contribution in [3.05, 3.63) is 10.4 Å². The summed E-state index contributed by atoms with van der Waals surface area (Å²) in [5.41, 5.74) is -0.0273. The van der Waals surface area contributed by atoms with Crippen LogP contribution in [-0.4, -0.2) is 23.7 Å². The van der Waals surface area contributed by atoms with Gasteiger partial charge in [0.05, 0.1) is 10.4 Å². The van der Waals surface area contributed by atoms with Crippen molar-refractivity contribution in [3.8, 4) is 5.88 Å². The van der Waals surface area contributed by atoms with Crippen LogP contribution in [-0.2, 0) is 0 Å². The molecular weight excluding hydrogens is 172 g/mol. The van der Waals surface area contributed by atoms with E-state index < -0.39 is 0 Å². The van der Waals surface area contributed by atoms with Gasteiger partial charge in [0.15, 0.2) is 0 Å². The van der Waals surface area contributed by atoms with Crippen LogP contribution in [0.25, 0.3) is 0 Å². The first kappa shape index (κ1) is 8.01. The molecule has 0 aliphatic carbocycles. The van der Waals surface area contributed by atoms with Gasteiger partial charge in [-0.25, -0.2) is 4.98 Å². The standard InChI is InChI=1S/C8H12N2OS/c1-6-10-7(3-12-6)11-8(2)4-9-5-8/h3,9H,4-5H2,1-2H3. The van der Waals surface area contributed by atoms with E-state index in [1.807, 2.05) is 12.3 Å². The molecule has 0 radical (unpaired) electrons. The fourth-order valence-corrected chi connectivity index (χ4v) is 1.71. The number of hydrogen-bond acceptors (Lipinski definition) is 4. The van der Waals surface area contributed by atoms with Crippen molar-refractivity contribution in [2.24, 2.45) is 0 Å². The fourth-order valence-electron chi connectivity index (χ4n) is 1.19. The van der Waals surface area contributed by atoms with E-state index in [4.69, 9.17) is 4.74 Å². The Kier molecular flexibility index (Phi) is 1.81. The van der Waals surface area contributed by atoms with Crippen molar-refractivity contribution in [3.63, 3.8) is 0 Å². The summed E-state index contributed by atoms with van der Waals surface area (Å²) in [5.74, 6) is 0.765. The van der Waals surface area contributed by atoms with E-state index in [-0.39, 0.29) is 5.60 Å². The van der Waals surface area contributed by atoms with Crippen LogP contribution < -0.4 is 10.1 Å². The number of rotatable bonds is 2. The zero-order chi connectivity index (χ0) is 8.60. The highest BCUT2D eigenvalue weighted by Gasteiger charge is 2.34. The summed E-state index contributed by atoms with van der Waals surface area (Å²) < 4.78 is 5.70. The van der Waals surface area contributed by atoms with Gasteiger partial charge in [-0.2, -0.15) is 0 Å². The average molecular weight is 184 g/mol. The van der Waals surface area contributed by atoms with Crippen molar-refractivity contribution >= 4 is 11.3 Å². The predicted octanol–water partition coefficient (Wildman–Crippen LogP) is 1.19. The van der Waals surface area contributed by atoms with Crippen molar-refractivity contribution < 1.29 is 4.74 Å². The predicted molar refractivity (Wildman–Crippen MR) is 48.8 cm³/mol. The lowest BCUT2D eigenvalue weighted by Gasteiger charge is -2.38. The Labute approximate surface area is 75.8 Å². The highest BCUT2D eigenvalue weighted by molar-refractivity contribution is 7.09. The molecule has 1 N–H and O–H groups in total. The summed E-state index contributed by atoms with van der Waals surface area (Å²) in [6, 6.07) is 0. The molecule has 1 aliphatic rings. The van der Waals surface area contributed by atoms with E-state index in [1.165, 1.54) is 0 Å². The Morgan fingerprint density at radius 1 is 1.67 bits per heavy atom. The molecule has 12 heavy (non-hydrogen) atoms. The lowest BCUT2D eigenvalue weighted by molar-refractivity contribution is 0.0310. The Hall–Kier alpha value is -0.610. The number of thiazole rings is 1. The van der Waals surface area contributed by atoms with E-state index in [0.29, 0.717) is 0 Å². The molecule has 0 spiro atoms. The summed E-state index contributed by atoms with van der Waals surface area (Å²) in [6.07, 6.45) is 0. The molecule has 1 aromatic rings. The molecule has 0 bridgehead atoms. The quantitative estimate of drug-likeness (QED) is 0.749. The van der Waals surface area contributed by atoms with Gasteiger partial charge in [0.2, 0.25) is 5.88 Å². The lowest BCUT2D eigenvalue weighted by atomic mass is 10.0. The number of aromatic nitrogens is 1. The molecule has 0 unspecified atom stereocenters. The third kappa shape index (κ3) is 1.44. The zero-order valence-electron chi connectivity index (χ0n) is 7.26. The highest BCUT2D eigenvalue weighted by Crippen LogP contribution is 2.22. The number of nitrogens with one attached hydrogen (secondary N) is 1. The van der Waals surface area contributed by atoms with Crippen molar-refractivity contribution in [2.75, 3.05) is 13.1 Å². The Balaban J connectivity index is 2.03. The second kappa shape index (κ2) is 2.71. The highest BCUT2D eigenvalue weighted by atomic mass is 32.1. The first-order valence-corrected chi connectivity index (χ1v) is 4.88. The normalized spacial score (nSPS) is 20.2. The van der Waals surface area contributed by atoms with Crippen molar-refractivity contribution in [2.45, 2.75) is 19.4 Å². The second-order valence-electron chi connectivity index (χ2n) is 3.36. The molecule has 4 heteroatoms. The molecule has 1 saturated heterocycles. The maximum absolute atomic E-state index is 5.70. The van der Waals surface area contributed by atoms with Gasteiger partial charge in [-0.15, -0.1) is 11.3 Å². The molecule has 1 aliphatic heterocycles. The molecule has 0 saturated carbocycles. The molecule has 1 aromatic heterocycles. The van der Waals surface area contributed by atoms with Gasteiger partial charge in [0.1, 0.15) is 5.60 Å². The Bertz CT molecular complexity index is 280. The van der Waals surface area contributed by atoms with Crippen LogP contribution in [0.3, 0.4) is 0 Å². The van der Waals surface area contributed by atoms with Crippen LogP contribution >= 0.6 is 11.3 Å². The number of aryl methyl sites for hydroxylation is 1. The van der Waals surface area contributed by atoms with Gasteiger partial charge in [-0.05, 0) is 13.8 Å². The van der Waals surface area contributed by atoms with Crippen LogP contribution in [0.5, 0.6) is 5.88 Å². The largest absolute Gasteiger partial charge is 0.468 e. The number of hydrogen-bond donors (Lipinski definition) is 1. The molecule has 0 amide bonds. The molecule has 1 fully saturated rings. The summed E-state index contributed by atoms with van der Waals surface area (Å²) in [5, 5.41) is 6.19. The third-order valence-electron chi connectivity index (χ3n) is 1.95. The monoisotopic (exact) mass is 184 g/mol.